The second-order valence-corrected chi connectivity index (χ2v) is 5.49. The number of hydrogen-bond donors (Lipinski definition) is 0. The Kier molecular flexibility index (Phi) is 8.35. The second-order valence-electron chi connectivity index (χ2n) is 5.49. The summed E-state index contributed by atoms with van der Waals surface area (Å²) in [6.07, 6.45) is -6.91. The van der Waals surface area contributed by atoms with Gasteiger partial charge in [0.15, 0.2) is 0 Å². The Morgan fingerprint density at radius 3 is 2.10 bits per heavy atom. The van der Waals surface area contributed by atoms with Gasteiger partial charge in [-0.05, 0) is 29.8 Å². The summed E-state index contributed by atoms with van der Waals surface area (Å²) >= 11 is 0. The van der Waals surface area contributed by atoms with E-state index in [1.54, 1.807) is 18.3 Å². The fourth-order valence-corrected chi connectivity index (χ4v) is 2.06. The minimum atomic E-state index is -4.91. The van der Waals surface area contributed by atoms with Crippen LogP contribution in [0.4, 0.5) is 26.3 Å². The average Bonchev–Trinajstić information content (AvgIpc) is 3.16. The number of carbonyl (C=O) groups excluding carboxylic acids is 1. The predicted molar refractivity (Wildman–Crippen MR) is 88.3 cm³/mol. The zero-order valence-electron chi connectivity index (χ0n) is 14.6. The third-order valence-electron chi connectivity index (χ3n) is 3.36. The van der Waals surface area contributed by atoms with Crippen molar-refractivity contribution in [1.82, 2.24) is 9.97 Å². The van der Waals surface area contributed by atoms with Crippen molar-refractivity contribution in [2.24, 2.45) is 0 Å². The first-order chi connectivity index (χ1) is 13.0. The minimum absolute atomic E-state index is 0. The van der Waals surface area contributed by atoms with Gasteiger partial charge in [0.2, 0.25) is 0 Å². The molecule has 3 rings (SSSR count). The van der Waals surface area contributed by atoms with Crippen LogP contribution in [0.1, 0.15) is 28.5 Å². The maximum absolute atomic E-state index is 12.7. The average molecular weight is 591 g/mol. The summed E-state index contributed by atoms with van der Waals surface area (Å²) in [6.45, 7) is 1.50. The first kappa shape index (κ1) is 24.6. The van der Waals surface area contributed by atoms with E-state index in [-0.39, 0.29) is 43.2 Å². The number of halogens is 6. The van der Waals surface area contributed by atoms with Crippen LogP contribution in [0, 0.1) is 6.07 Å². The van der Waals surface area contributed by atoms with E-state index in [9.17, 15) is 31.1 Å². The van der Waals surface area contributed by atoms with E-state index >= 15 is 0 Å². The molecule has 3 nitrogen and oxygen atoms in total. The SMILES string of the molecule is CC(=O)c1ccc[n-]1.FC(F)(F)c1[c-]c(-c2ccccn2)cc(C(F)(F)F)c1.[Ir]. The summed E-state index contributed by atoms with van der Waals surface area (Å²) < 4.78 is 75.8. The van der Waals surface area contributed by atoms with E-state index in [2.05, 4.69) is 9.97 Å². The second kappa shape index (κ2) is 9.84. The minimum Gasteiger partial charge on any atom is -0.661 e. The summed E-state index contributed by atoms with van der Waals surface area (Å²) in [6, 6.07) is 10.3. The van der Waals surface area contributed by atoms with Gasteiger partial charge in [-0.25, -0.2) is 0 Å². The Labute approximate surface area is 175 Å². The van der Waals surface area contributed by atoms with Gasteiger partial charge in [-0.1, -0.05) is 30.0 Å². The van der Waals surface area contributed by atoms with E-state index < -0.39 is 23.5 Å². The third-order valence-corrected chi connectivity index (χ3v) is 3.36. The molecule has 3 aromatic rings. The topological polar surface area (TPSA) is 44.1 Å². The van der Waals surface area contributed by atoms with Crippen LogP contribution in [0.5, 0.6) is 0 Å². The fourth-order valence-electron chi connectivity index (χ4n) is 2.06. The fraction of sp³-hybridized carbons (Fsp3) is 0.158. The summed E-state index contributed by atoms with van der Waals surface area (Å²) in [5, 5.41) is 0. The molecule has 2 heterocycles. The zero-order valence-corrected chi connectivity index (χ0v) is 17.0. The number of benzene rings is 1. The maximum atomic E-state index is 12.7. The number of hydrogen-bond acceptors (Lipinski definition) is 2. The molecule has 157 valence electrons. The number of rotatable bonds is 2. The van der Waals surface area contributed by atoms with Crippen molar-refractivity contribution in [3.8, 4) is 11.3 Å². The molecule has 10 heteroatoms. The molecule has 1 aromatic carbocycles. The van der Waals surface area contributed by atoms with Gasteiger partial charge in [0.05, 0.1) is 0 Å². The molecule has 0 saturated carbocycles. The molecule has 0 fully saturated rings. The number of alkyl halides is 6. The molecule has 0 atom stereocenters. The van der Waals surface area contributed by atoms with Gasteiger partial charge < -0.3 is 9.97 Å². The van der Waals surface area contributed by atoms with E-state index in [1.165, 1.54) is 31.3 Å². The number of nitrogens with zero attached hydrogens (tertiary/aromatic N) is 2. The van der Waals surface area contributed by atoms with Gasteiger partial charge in [0, 0.05) is 26.3 Å². The molecule has 2 aromatic heterocycles. The van der Waals surface area contributed by atoms with Crippen molar-refractivity contribution in [3.63, 3.8) is 0 Å². The summed E-state index contributed by atoms with van der Waals surface area (Å²) in [5.41, 5.74) is -2.68. The van der Waals surface area contributed by atoms with Crippen molar-refractivity contribution in [2.75, 3.05) is 0 Å². The molecule has 0 bridgehead atoms. The predicted octanol–water partition coefficient (Wildman–Crippen LogP) is 5.43. The molecule has 0 aliphatic carbocycles. The first-order valence-corrected chi connectivity index (χ1v) is 7.70. The molecule has 0 saturated heterocycles. The summed E-state index contributed by atoms with van der Waals surface area (Å²) in [5.74, 6) is 0.0231. The van der Waals surface area contributed by atoms with Gasteiger partial charge in [-0.15, -0.1) is 23.8 Å². The first-order valence-electron chi connectivity index (χ1n) is 7.70. The van der Waals surface area contributed by atoms with Gasteiger partial charge >= 0.3 is 12.4 Å². The quantitative estimate of drug-likeness (QED) is 0.227. The van der Waals surface area contributed by atoms with Crippen LogP contribution in [-0.2, 0) is 32.5 Å². The van der Waals surface area contributed by atoms with Gasteiger partial charge in [-0.2, -0.15) is 32.5 Å². The number of pyridine rings is 1. The molecule has 0 aliphatic rings. The molecule has 0 N–H and O–H groups in total. The number of aromatic nitrogens is 2. The molecule has 0 spiro atoms. The Balaban J connectivity index is 0.000000394. The summed E-state index contributed by atoms with van der Waals surface area (Å²) in [7, 11) is 0. The molecular formula is C19H12F6IrN2O-2. The summed E-state index contributed by atoms with van der Waals surface area (Å²) in [4.78, 5) is 17.9. The Bertz CT molecular complexity index is 890. The van der Waals surface area contributed by atoms with Crippen LogP contribution in [0.3, 0.4) is 0 Å². The zero-order chi connectivity index (χ0) is 20.9. The van der Waals surface area contributed by atoms with Crippen LogP contribution < -0.4 is 4.98 Å². The van der Waals surface area contributed by atoms with Crippen LogP contribution >= 0.6 is 0 Å². The molecular weight excluding hydrogens is 578 g/mol. The molecule has 29 heavy (non-hydrogen) atoms. The number of carbonyl (C=O) groups is 1. The van der Waals surface area contributed by atoms with Gasteiger partial charge in [-0.3, -0.25) is 4.79 Å². The third kappa shape index (κ3) is 7.14. The van der Waals surface area contributed by atoms with Crippen molar-refractivity contribution >= 4 is 5.78 Å². The van der Waals surface area contributed by atoms with Crippen molar-refractivity contribution < 1.29 is 51.2 Å². The van der Waals surface area contributed by atoms with E-state index in [0.717, 1.165) is 0 Å². The molecule has 0 unspecified atom stereocenters. The maximum Gasteiger partial charge on any atom is 0.399 e. The molecule has 0 amide bonds. The van der Waals surface area contributed by atoms with Crippen molar-refractivity contribution in [3.05, 3.63) is 77.7 Å². The van der Waals surface area contributed by atoms with Crippen molar-refractivity contribution in [2.45, 2.75) is 19.3 Å². The van der Waals surface area contributed by atoms with Crippen molar-refractivity contribution in [1.29, 1.82) is 0 Å². The smallest absolute Gasteiger partial charge is 0.399 e. The number of ketones is 1. The monoisotopic (exact) mass is 591 g/mol. The molecule has 0 aliphatic heterocycles. The Morgan fingerprint density at radius 2 is 1.69 bits per heavy atom. The van der Waals surface area contributed by atoms with Gasteiger partial charge in [0.25, 0.3) is 0 Å². The standard InChI is InChI=1S/C13H6F6N.C6H7NO.Ir/c14-12(15,16)9-5-8(11-3-1-2-4-20-11)6-10(7-9)13(17,18)19;1-5(8)6-3-2-4-7-6;/h1-5,7H;2-4H,1H3,(H,7,8);/q-1;;/p-1. The Morgan fingerprint density at radius 1 is 1.00 bits per heavy atom. The number of Topliss-reactive ketones (excluding diaryl/α,β-unsaturated/α-hetero) is 1. The van der Waals surface area contributed by atoms with Crippen LogP contribution in [0.2, 0.25) is 0 Å². The van der Waals surface area contributed by atoms with Crippen LogP contribution in [0.25, 0.3) is 11.3 Å². The Hall–Kier alpha value is -2.45. The molecule has 1 radical (unpaired) electrons. The van der Waals surface area contributed by atoms with Crippen LogP contribution in [0.15, 0.2) is 54.9 Å². The normalized spacial score (nSPS) is 11.1. The van der Waals surface area contributed by atoms with Gasteiger partial charge in [0.1, 0.15) is 5.78 Å². The van der Waals surface area contributed by atoms with Crippen LogP contribution in [-0.4, -0.2) is 10.8 Å². The van der Waals surface area contributed by atoms with E-state index in [1.807, 2.05) is 6.07 Å². The van der Waals surface area contributed by atoms with E-state index in [0.29, 0.717) is 11.8 Å². The van der Waals surface area contributed by atoms with E-state index in [4.69, 9.17) is 0 Å². The largest absolute Gasteiger partial charge is 0.661 e.